The number of sulfonamides is 1. The van der Waals surface area contributed by atoms with E-state index in [1.54, 1.807) is 0 Å². The topological polar surface area (TPSA) is 75.7 Å². The van der Waals surface area contributed by atoms with Crippen LogP contribution in [0.2, 0.25) is 0 Å². The number of rotatable bonds is 5. The summed E-state index contributed by atoms with van der Waals surface area (Å²) in [7, 11) is 0.810. The van der Waals surface area contributed by atoms with E-state index in [1.807, 2.05) is 20.8 Å². The number of carbonyl (C=O) groups excluding carboxylic acids is 1. The van der Waals surface area contributed by atoms with Gasteiger partial charge in [0, 0.05) is 20.5 Å². The molecule has 0 aliphatic heterocycles. The number of hydrogen-bond acceptors (Lipinski definition) is 4. The zero-order valence-corrected chi connectivity index (χ0v) is 14.7. The lowest BCUT2D eigenvalue weighted by molar-refractivity contribution is -0.117. The van der Waals surface area contributed by atoms with Crippen molar-refractivity contribution in [3.63, 3.8) is 0 Å². The highest BCUT2D eigenvalue weighted by atomic mass is 32.2. The molecular weight excluding hydrogens is 304 g/mol. The molecule has 0 radical (unpaired) electrons. The van der Waals surface area contributed by atoms with Crippen LogP contribution in [0.1, 0.15) is 27.2 Å². The Morgan fingerprint density at radius 3 is 2.32 bits per heavy atom. The molecule has 0 aliphatic rings. The van der Waals surface area contributed by atoms with Crippen LogP contribution in [0.3, 0.4) is 0 Å². The second-order valence-corrected chi connectivity index (χ2v) is 8.59. The molecule has 0 fully saturated rings. The first-order chi connectivity index (χ1) is 9.97. The SMILES string of the molecule is COc1ccc(S(=O)(=O)N(C)C)cc1NC(=O)CC(C)(C)C. The quantitative estimate of drug-likeness (QED) is 0.900. The minimum atomic E-state index is -3.57. The smallest absolute Gasteiger partial charge is 0.242 e. The Bertz CT molecular complexity index is 646. The highest BCUT2D eigenvalue weighted by molar-refractivity contribution is 7.89. The van der Waals surface area contributed by atoms with Crippen LogP contribution in [0.5, 0.6) is 5.75 Å². The van der Waals surface area contributed by atoms with E-state index in [-0.39, 0.29) is 16.2 Å². The molecule has 0 atom stereocenters. The molecular formula is C15H24N2O4S. The minimum absolute atomic E-state index is 0.101. The van der Waals surface area contributed by atoms with Crippen LogP contribution in [0.15, 0.2) is 23.1 Å². The maximum atomic E-state index is 12.2. The van der Waals surface area contributed by atoms with Crippen LogP contribution in [0.4, 0.5) is 5.69 Å². The molecule has 0 aliphatic carbocycles. The molecule has 1 N–H and O–H groups in total. The van der Waals surface area contributed by atoms with Crippen molar-refractivity contribution in [2.24, 2.45) is 5.41 Å². The third kappa shape index (κ3) is 4.71. The molecule has 6 nitrogen and oxygen atoms in total. The molecule has 0 spiro atoms. The molecule has 0 bridgehead atoms. The molecule has 1 aromatic carbocycles. The van der Waals surface area contributed by atoms with Crippen LogP contribution in [0, 0.1) is 5.41 Å². The van der Waals surface area contributed by atoms with Gasteiger partial charge >= 0.3 is 0 Å². The average molecular weight is 328 g/mol. The van der Waals surface area contributed by atoms with Crippen molar-refractivity contribution >= 4 is 21.6 Å². The molecule has 0 saturated carbocycles. The van der Waals surface area contributed by atoms with E-state index >= 15 is 0 Å². The second kappa shape index (κ2) is 6.66. The van der Waals surface area contributed by atoms with Crippen molar-refractivity contribution in [2.75, 3.05) is 26.5 Å². The number of ether oxygens (including phenoxy) is 1. The number of nitrogens with zero attached hydrogens (tertiary/aromatic N) is 1. The fourth-order valence-electron chi connectivity index (χ4n) is 1.83. The monoisotopic (exact) mass is 328 g/mol. The van der Waals surface area contributed by atoms with Gasteiger partial charge in [0.15, 0.2) is 0 Å². The van der Waals surface area contributed by atoms with Crippen LogP contribution < -0.4 is 10.1 Å². The van der Waals surface area contributed by atoms with Gasteiger partial charge in [0.25, 0.3) is 0 Å². The molecule has 1 aromatic rings. The lowest BCUT2D eigenvalue weighted by atomic mass is 9.92. The van der Waals surface area contributed by atoms with Gasteiger partial charge in [-0.25, -0.2) is 12.7 Å². The van der Waals surface area contributed by atoms with Crippen molar-refractivity contribution < 1.29 is 17.9 Å². The van der Waals surface area contributed by atoms with Crippen molar-refractivity contribution in [1.29, 1.82) is 0 Å². The maximum absolute atomic E-state index is 12.2. The normalized spacial score (nSPS) is 12.3. The van der Waals surface area contributed by atoms with Crippen LogP contribution in [0.25, 0.3) is 0 Å². The largest absolute Gasteiger partial charge is 0.495 e. The van der Waals surface area contributed by atoms with Gasteiger partial charge in [0.05, 0.1) is 17.7 Å². The van der Waals surface area contributed by atoms with Crippen LogP contribution in [-0.4, -0.2) is 39.8 Å². The maximum Gasteiger partial charge on any atom is 0.242 e. The van der Waals surface area contributed by atoms with Crippen molar-refractivity contribution in [1.82, 2.24) is 4.31 Å². The zero-order valence-electron chi connectivity index (χ0n) is 13.9. The predicted octanol–water partition coefficient (Wildman–Crippen LogP) is 2.32. The summed E-state index contributed by atoms with van der Waals surface area (Å²) in [4.78, 5) is 12.2. The average Bonchev–Trinajstić information content (AvgIpc) is 2.35. The van der Waals surface area contributed by atoms with Crippen molar-refractivity contribution in [2.45, 2.75) is 32.1 Å². The highest BCUT2D eigenvalue weighted by Crippen LogP contribution is 2.29. The molecule has 0 aromatic heterocycles. The van der Waals surface area contributed by atoms with Gasteiger partial charge in [-0.2, -0.15) is 0 Å². The van der Waals surface area contributed by atoms with Gasteiger partial charge in [0.1, 0.15) is 5.75 Å². The van der Waals surface area contributed by atoms with Gasteiger partial charge < -0.3 is 10.1 Å². The van der Waals surface area contributed by atoms with E-state index in [0.29, 0.717) is 17.9 Å². The Morgan fingerprint density at radius 2 is 1.86 bits per heavy atom. The Labute approximate surface area is 132 Å². The summed E-state index contributed by atoms with van der Waals surface area (Å²) >= 11 is 0. The second-order valence-electron chi connectivity index (χ2n) is 6.44. The molecule has 7 heteroatoms. The van der Waals surface area contributed by atoms with Crippen LogP contribution >= 0.6 is 0 Å². The number of nitrogens with one attached hydrogen (secondary N) is 1. The summed E-state index contributed by atoms with van der Waals surface area (Å²) in [6.07, 6.45) is 0.320. The molecule has 1 amide bonds. The molecule has 0 unspecified atom stereocenters. The molecule has 0 heterocycles. The summed E-state index contributed by atoms with van der Waals surface area (Å²) in [6.45, 7) is 5.87. The zero-order chi connectivity index (χ0) is 17.1. The highest BCUT2D eigenvalue weighted by Gasteiger charge is 2.21. The van der Waals surface area contributed by atoms with Gasteiger partial charge in [-0.3, -0.25) is 4.79 Å². The van der Waals surface area contributed by atoms with E-state index in [4.69, 9.17) is 4.74 Å². The minimum Gasteiger partial charge on any atom is -0.495 e. The summed E-state index contributed by atoms with van der Waals surface area (Å²) in [5.74, 6) is 0.227. The van der Waals surface area contributed by atoms with Crippen LogP contribution in [-0.2, 0) is 14.8 Å². The van der Waals surface area contributed by atoms with Gasteiger partial charge in [-0.05, 0) is 23.6 Å². The van der Waals surface area contributed by atoms with Gasteiger partial charge in [-0.15, -0.1) is 0 Å². The lowest BCUT2D eigenvalue weighted by Crippen LogP contribution is -2.23. The van der Waals surface area contributed by atoms with E-state index in [9.17, 15) is 13.2 Å². The summed E-state index contributed by atoms with van der Waals surface area (Å²) in [5.41, 5.74) is 0.185. The van der Waals surface area contributed by atoms with E-state index in [2.05, 4.69) is 5.32 Å². The van der Waals surface area contributed by atoms with E-state index in [1.165, 1.54) is 39.4 Å². The number of methoxy groups -OCH3 is 1. The molecule has 22 heavy (non-hydrogen) atoms. The van der Waals surface area contributed by atoms with Gasteiger partial charge in [0.2, 0.25) is 15.9 Å². The Kier molecular flexibility index (Phi) is 5.59. The number of carbonyl (C=O) groups is 1. The standard InChI is InChI=1S/C15H24N2O4S/c1-15(2,3)10-14(18)16-12-9-11(7-8-13(12)21-6)22(19,20)17(4)5/h7-9H,10H2,1-6H3,(H,16,18). The Balaban J connectivity index is 3.15. The summed E-state index contributed by atoms with van der Waals surface area (Å²) in [5, 5.41) is 2.72. The third-order valence-electron chi connectivity index (χ3n) is 2.91. The van der Waals surface area contributed by atoms with E-state index < -0.39 is 10.0 Å². The first kappa shape index (κ1) is 18.4. The predicted molar refractivity (Wildman–Crippen MR) is 86.6 cm³/mol. The Morgan fingerprint density at radius 1 is 1.27 bits per heavy atom. The number of benzene rings is 1. The first-order valence-corrected chi connectivity index (χ1v) is 8.32. The molecule has 0 saturated heterocycles. The fourth-order valence-corrected chi connectivity index (χ4v) is 2.76. The van der Waals surface area contributed by atoms with Gasteiger partial charge in [-0.1, -0.05) is 20.8 Å². The lowest BCUT2D eigenvalue weighted by Gasteiger charge is -2.19. The number of hydrogen-bond donors (Lipinski definition) is 1. The summed E-state index contributed by atoms with van der Waals surface area (Å²) in [6, 6.07) is 4.39. The van der Waals surface area contributed by atoms with Crippen molar-refractivity contribution in [3.8, 4) is 5.75 Å². The first-order valence-electron chi connectivity index (χ1n) is 6.88. The number of anilines is 1. The Hall–Kier alpha value is -1.60. The molecule has 124 valence electrons. The third-order valence-corrected chi connectivity index (χ3v) is 4.73. The number of amides is 1. The van der Waals surface area contributed by atoms with Crippen molar-refractivity contribution in [3.05, 3.63) is 18.2 Å². The summed E-state index contributed by atoms with van der Waals surface area (Å²) < 4.78 is 30.6. The van der Waals surface area contributed by atoms with E-state index in [0.717, 1.165) is 4.31 Å². The fraction of sp³-hybridized carbons (Fsp3) is 0.533. The molecule has 1 rings (SSSR count).